The third kappa shape index (κ3) is 3.76. The molecule has 0 spiro atoms. The summed E-state index contributed by atoms with van der Waals surface area (Å²) in [7, 11) is 3.23. The Hall–Kier alpha value is -3.41. The second-order valence-electron chi connectivity index (χ2n) is 8.60. The molecule has 2 unspecified atom stereocenters. The van der Waals surface area contributed by atoms with Gasteiger partial charge in [-0.3, -0.25) is 0 Å². The van der Waals surface area contributed by atoms with Crippen molar-refractivity contribution in [3.05, 3.63) is 99.5 Å². The van der Waals surface area contributed by atoms with Crippen LogP contribution in [0.3, 0.4) is 0 Å². The van der Waals surface area contributed by atoms with Crippen LogP contribution in [0.25, 0.3) is 10.8 Å². The highest BCUT2D eigenvalue weighted by molar-refractivity contribution is 6.35. The van der Waals surface area contributed by atoms with Gasteiger partial charge in [0, 0.05) is 22.6 Å². The number of ether oxygens (including phenoxy) is 3. The van der Waals surface area contributed by atoms with Crippen molar-refractivity contribution in [1.82, 2.24) is 5.01 Å². The largest absolute Gasteiger partial charge is 0.493 e. The molecule has 2 heterocycles. The molecule has 6 rings (SSSR count). The number of halogens is 2. The predicted octanol–water partition coefficient (Wildman–Crippen LogP) is 7.41. The van der Waals surface area contributed by atoms with Crippen LogP contribution in [0.2, 0.25) is 10.0 Å². The van der Waals surface area contributed by atoms with Crippen LogP contribution in [0, 0.1) is 0 Å². The zero-order valence-electron chi connectivity index (χ0n) is 19.2. The van der Waals surface area contributed by atoms with Gasteiger partial charge in [0.05, 0.1) is 31.0 Å². The number of methoxy groups -OCH3 is 2. The molecular formula is C28H22Cl2N2O3. The Morgan fingerprint density at radius 1 is 0.886 bits per heavy atom. The molecule has 2 aliphatic rings. The number of fused-ring (bicyclic) bond motifs is 4. The maximum Gasteiger partial charge on any atom is 0.214 e. The van der Waals surface area contributed by atoms with E-state index in [0.29, 0.717) is 33.7 Å². The van der Waals surface area contributed by atoms with Gasteiger partial charge >= 0.3 is 0 Å². The summed E-state index contributed by atoms with van der Waals surface area (Å²) in [5, 5.41) is 10.5. The van der Waals surface area contributed by atoms with Gasteiger partial charge in [-0.25, -0.2) is 5.01 Å². The number of nitrogens with zero attached hydrogens (tertiary/aromatic N) is 2. The fraction of sp³-hybridized carbons (Fsp3) is 0.179. The molecule has 4 aromatic carbocycles. The Kier molecular flexibility index (Phi) is 5.47. The summed E-state index contributed by atoms with van der Waals surface area (Å²) in [5.74, 6) is 1.90. The van der Waals surface area contributed by atoms with E-state index in [0.717, 1.165) is 22.4 Å². The molecule has 2 aliphatic heterocycles. The standard InChI is InChI=1S/C28H22Cl2N2O3/c1-33-25-10-9-19(12-26(25)34-2)28-32-24(21-13-20(29)14-22(30)27(21)35-28)15-23(31-32)18-8-7-16-5-3-4-6-17(16)11-18/h3-14,24,28H,15H2,1-2H3. The summed E-state index contributed by atoms with van der Waals surface area (Å²) in [6, 6.07) is 24.1. The van der Waals surface area contributed by atoms with E-state index in [-0.39, 0.29) is 6.04 Å². The van der Waals surface area contributed by atoms with Crippen LogP contribution < -0.4 is 14.2 Å². The minimum Gasteiger partial charge on any atom is -0.493 e. The third-order valence-corrected chi connectivity index (χ3v) is 7.08. The van der Waals surface area contributed by atoms with E-state index in [9.17, 15) is 0 Å². The highest BCUT2D eigenvalue weighted by Gasteiger charge is 2.42. The van der Waals surface area contributed by atoms with Crippen LogP contribution in [0.1, 0.15) is 35.4 Å². The lowest BCUT2D eigenvalue weighted by Gasteiger charge is -2.38. The molecule has 176 valence electrons. The molecular weight excluding hydrogens is 483 g/mol. The van der Waals surface area contributed by atoms with Gasteiger partial charge in [-0.15, -0.1) is 0 Å². The maximum absolute atomic E-state index is 6.61. The first-order chi connectivity index (χ1) is 17.1. The fourth-order valence-electron chi connectivity index (χ4n) is 4.88. The molecule has 2 atom stereocenters. The number of benzene rings is 4. The lowest BCUT2D eigenvalue weighted by atomic mass is 9.95. The van der Waals surface area contributed by atoms with E-state index in [2.05, 4.69) is 30.3 Å². The second kappa shape index (κ2) is 8.67. The van der Waals surface area contributed by atoms with Gasteiger partial charge in [-0.2, -0.15) is 5.10 Å². The minimum absolute atomic E-state index is 0.0745. The Bertz CT molecular complexity index is 1490. The van der Waals surface area contributed by atoms with Crippen molar-refractivity contribution in [1.29, 1.82) is 0 Å². The van der Waals surface area contributed by atoms with Gasteiger partial charge in [0.1, 0.15) is 5.75 Å². The van der Waals surface area contributed by atoms with Crippen molar-refractivity contribution in [3.8, 4) is 17.2 Å². The first kappa shape index (κ1) is 22.1. The molecule has 0 amide bonds. The van der Waals surface area contributed by atoms with Crippen LogP contribution in [0.4, 0.5) is 0 Å². The summed E-state index contributed by atoms with van der Waals surface area (Å²) < 4.78 is 17.4. The van der Waals surface area contributed by atoms with Gasteiger partial charge in [-0.1, -0.05) is 59.6 Å². The van der Waals surface area contributed by atoms with Crippen molar-refractivity contribution in [2.75, 3.05) is 14.2 Å². The highest BCUT2D eigenvalue weighted by atomic mass is 35.5. The molecule has 35 heavy (non-hydrogen) atoms. The summed E-state index contributed by atoms with van der Waals surface area (Å²) in [4.78, 5) is 0. The smallest absolute Gasteiger partial charge is 0.214 e. The second-order valence-corrected chi connectivity index (χ2v) is 9.44. The average Bonchev–Trinajstić information content (AvgIpc) is 3.33. The molecule has 0 saturated carbocycles. The van der Waals surface area contributed by atoms with E-state index in [1.165, 1.54) is 10.8 Å². The Labute approximate surface area is 213 Å². The van der Waals surface area contributed by atoms with E-state index in [1.54, 1.807) is 20.3 Å². The number of hydrazone groups is 1. The normalized spacial score (nSPS) is 18.5. The van der Waals surface area contributed by atoms with Crippen molar-refractivity contribution in [2.24, 2.45) is 5.10 Å². The Balaban J connectivity index is 1.47. The molecule has 0 N–H and O–H groups in total. The van der Waals surface area contributed by atoms with Gasteiger partial charge in [0.15, 0.2) is 11.5 Å². The van der Waals surface area contributed by atoms with Crippen molar-refractivity contribution >= 4 is 39.7 Å². The van der Waals surface area contributed by atoms with Gasteiger partial charge in [-0.05, 0) is 52.7 Å². The van der Waals surface area contributed by atoms with E-state index < -0.39 is 6.23 Å². The SMILES string of the molecule is COc1ccc(C2Oc3c(Cl)cc(Cl)cc3C3CC(c4ccc5ccccc5c4)=NN32)cc1OC. The number of hydrogen-bond acceptors (Lipinski definition) is 5. The van der Waals surface area contributed by atoms with Crippen molar-refractivity contribution in [2.45, 2.75) is 18.7 Å². The summed E-state index contributed by atoms with van der Waals surface area (Å²) in [6.07, 6.45) is 0.207. The third-order valence-electron chi connectivity index (χ3n) is 6.58. The Morgan fingerprint density at radius 3 is 2.49 bits per heavy atom. The average molecular weight is 505 g/mol. The van der Waals surface area contributed by atoms with Crippen molar-refractivity contribution < 1.29 is 14.2 Å². The molecule has 0 aromatic heterocycles. The number of rotatable bonds is 4. The first-order valence-electron chi connectivity index (χ1n) is 11.3. The fourth-order valence-corrected chi connectivity index (χ4v) is 5.44. The molecule has 5 nitrogen and oxygen atoms in total. The topological polar surface area (TPSA) is 43.3 Å². The molecule has 0 bridgehead atoms. The predicted molar refractivity (Wildman–Crippen MR) is 139 cm³/mol. The quantitative estimate of drug-likeness (QED) is 0.290. The first-order valence-corrected chi connectivity index (χ1v) is 12.0. The lowest BCUT2D eigenvalue weighted by molar-refractivity contribution is -0.0190. The molecule has 0 saturated heterocycles. The van der Waals surface area contributed by atoms with Crippen LogP contribution in [0.15, 0.2) is 77.9 Å². The van der Waals surface area contributed by atoms with Crippen LogP contribution >= 0.6 is 23.2 Å². The van der Waals surface area contributed by atoms with Gasteiger partial charge in [0.25, 0.3) is 0 Å². The van der Waals surface area contributed by atoms with Gasteiger partial charge < -0.3 is 14.2 Å². The van der Waals surface area contributed by atoms with Crippen LogP contribution in [-0.2, 0) is 0 Å². The summed E-state index contributed by atoms with van der Waals surface area (Å²) >= 11 is 13.0. The van der Waals surface area contributed by atoms with Crippen LogP contribution in [-0.4, -0.2) is 24.9 Å². The highest BCUT2D eigenvalue weighted by Crippen LogP contribution is 2.51. The van der Waals surface area contributed by atoms with E-state index in [1.807, 2.05) is 41.4 Å². The van der Waals surface area contributed by atoms with Crippen LogP contribution in [0.5, 0.6) is 17.2 Å². The molecule has 4 aromatic rings. The number of hydrogen-bond donors (Lipinski definition) is 0. The van der Waals surface area contributed by atoms with E-state index in [4.69, 9.17) is 42.5 Å². The van der Waals surface area contributed by atoms with Gasteiger partial charge in [0.2, 0.25) is 6.23 Å². The molecule has 0 aliphatic carbocycles. The molecule has 7 heteroatoms. The van der Waals surface area contributed by atoms with E-state index >= 15 is 0 Å². The monoisotopic (exact) mass is 504 g/mol. The van der Waals surface area contributed by atoms with Crippen molar-refractivity contribution in [3.63, 3.8) is 0 Å². The zero-order valence-corrected chi connectivity index (χ0v) is 20.7. The summed E-state index contributed by atoms with van der Waals surface area (Å²) in [5.41, 5.74) is 3.88. The Morgan fingerprint density at radius 2 is 1.69 bits per heavy atom. The molecule has 0 radical (unpaired) electrons. The maximum atomic E-state index is 6.61. The zero-order chi connectivity index (χ0) is 24.1. The molecule has 0 fully saturated rings. The lowest BCUT2D eigenvalue weighted by Crippen LogP contribution is -2.33. The minimum atomic E-state index is -0.496. The summed E-state index contributed by atoms with van der Waals surface area (Å²) in [6.45, 7) is 0.